The number of nitrogens with zero attached hydrogens (tertiary/aromatic N) is 4. The lowest BCUT2D eigenvalue weighted by molar-refractivity contribution is -0.132. The van der Waals surface area contributed by atoms with Gasteiger partial charge in [-0.3, -0.25) is 9.59 Å². The van der Waals surface area contributed by atoms with Crippen molar-refractivity contribution < 1.29 is 12.4 Å². The SMILES string of the molecule is CC(=O)N1CCC(C(=O)Nc2nc(-c3ncnc4[nH]ccc34)cs2)CC1.[HH].[HH]. The van der Waals surface area contributed by atoms with Crippen LogP contribution >= 0.6 is 11.3 Å². The zero-order valence-corrected chi connectivity index (χ0v) is 15.0. The van der Waals surface area contributed by atoms with Crippen molar-refractivity contribution in [3.63, 3.8) is 0 Å². The minimum Gasteiger partial charge on any atom is -0.346 e. The Labute approximate surface area is 156 Å². The van der Waals surface area contributed by atoms with Crippen molar-refractivity contribution in [3.05, 3.63) is 24.0 Å². The Morgan fingerprint density at radius 2 is 2.15 bits per heavy atom. The Hall–Kier alpha value is -2.81. The highest BCUT2D eigenvalue weighted by Gasteiger charge is 2.26. The van der Waals surface area contributed by atoms with Crippen LogP contribution in [-0.2, 0) is 9.59 Å². The van der Waals surface area contributed by atoms with Crippen LogP contribution in [0.25, 0.3) is 22.4 Å². The number of piperidine rings is 1. The monoisotopic (exact) mass is 374 g/mol. The molecule has 1 saturated heterocycles. The minimum atomic E-state index is -0.0895. The highest BCUT2D eigenvalue weighted by atomic mass is 32.1. The van der Waals surface area contributed by atoms with Crippen LogP contribution in [-0.4, -0.2) is 49.7 Å². The number of aromatic nitrogens is 4. The van der Waals surface area contributed by atoms with Gasteiger partial charge >= 0.3 is 0 Å². The number of thiazole rings is 1. The lowest BCUT2D eigenvalue weighted by Crippen LogP contribution is -2.40. The van der Waals surface area contributed by atoms with Gasteiger partial charge in [0.15, 0.2) is 5.13 Å². The van der Waals surface area contributed by atoms with Gasteiger partial charge in [-0.1, -0.05) is 0 Å². The maximum Gasteiger partial charge on any atom is 0.229 e. The van der Waals surface area contributed by atoms with Gasteiger partial charge in [-0.15, -0.1) is 11.3 Å². The van der Waals surface area contributed by atoms with Crippen LogP contribution in [0.15, 0.2) is 24.0 Å². The Morgan fingerprint density at radius 3 is 2.92 bits per heavy atom. The average molecular weight is 374 g/mol. The Bertz CT molecular complexity index is 967. The molecule has 2 amide bonds. The van der Waals surface area contributed by atoms with Crippen LogP contribution in [0.5, 0.6) is 0 Å². The van der Waals surface area contributed by atoms with Crippen LogP contribution < -0.4 is 5.32 Å². The smallest absolute Gasteiger partial charge is 0.229 e. The molecule has 1 aliphatic rings. The second-order valence-corrected chi connectivity index (χ2v) is 7.13. The maximum absolute atomic E-state index is 12.5. The van der Waals surface area contributed by atoms with E-state index in [4.69, 9.17) is 0 Å². The van der Waals surface area contributed by atoms with Crippen molar-refractivity contribution in [2.24, 2.45) is 5.92 Å². The summed E-state index contributed by atoms with van der Waals surface area (Å²) in [5.74, 6) is -0.0636. The molecule has 1 aliphatic heterocycles. The summed E-state index contributed by atoms with van der Waals surface area (Å²) in [5.41, 5.74) is 2.21. The molecular weight excluding hydrogens is 352 g/mol. The Morgan fingerprint density at radius 1 is 1.35 bits per heavy atom. The fourth-order valence-electron chi connectivity index (χ4n) is 3.18. The Balaban J connectivity index is 0.00000140. The van der Waals surface area contributed by atoms with Crippen LogP contribution in [0.1, 0.15) is 22.6 Å². The molecule has 9 heteroatoms. The highest BCUT2D eigenvalue weighted by molar-refractivity contribution is 7.14. The number of nitrogens with one attached hydrogen (secondary N) is 2. The van der Waals surface area contributed by atoms with Crippen molar-refractivity contribution in [1.29, 1.82) is 0 Å². The first kappa shape index (κ1) is 16.6. The van der Waals surface area contributed by atoms with Crippen molar-refractivity contribution in [1.82, 2.24) is 24.8 Å². The number of carbonyl (C=O) groups is 2. The first-order chi connectivity index (χ1) is 12.6. The van der Waals surface area contributed by atoms with Gasteiger partial charge in [-0.25, -0.2) is 15.0 Å². The minimum absolute atomic E-state index is 0. The second kappa shape index (κ2) is 6.83. The van der Waals surface area contributed by atoms with Gasteiger partial charge in [-0.05, 0) is 18.9 Å². The summed E-state index contributed by atoms with van der Waals surface area (Å²) in [6.45, 7) is 2.82. The maximum atomic E-state index is 12.5. The average Bonchev–Trinajstić information content (AvgIpc) is 3.30. The summed E-state index contributed by atoms with van der Waals surface area (Å²) in [6.07, 6.45) is 4.67. The quantitative estimate of drug-likeness (QED) is 0.733. The molecule has 0 unspecified atom stereocenters. The molecule has 4 rings (SSSR count). The summed E-state index contributed by atoms with van der Waals surface area (Å²) < 4.78 is 0. The van der Waals surface area contributed by atoms with E-state index in [1.54, 1.807) is 11.8 Å². The van der Waals surface area contributed by atoms with Crippen LogP contribution in [0.4, 0.5) is 5.13 Å². The number of carbonyl (C=O) groups excluding carboxylic acids is 2. The van der Waals surface area contributed by atoms with Crippen LogP contribution in [0.2, 0.25) is 0 Å². The molecule has 3 aromatic heterocycles. The van der Waals surface area contributed by atoms with Crippen LogP contribution in [0.3, 0.4) is 0 Å². The molecule has 8 nitrogen and oxygen atoms in total. The molecule has 26 heavy (non-hydrogen) atoms. The number of H-pyrrole nitrogens is 1. The zero-order chi connectivity index (χ0) is 18.1. The van der Waals surface area contributed by atoms with Gasteiger partial charge in [0.2, 0.25) is 11.8 Å². The summed E-state index contributed by atoms with van der Waals surface area (Å²) >= 11 is 1.38. The lowest BCUT2D eigenvalue weighted by Gasteiger charge is -2.30. The van der Waals surface area contributed by atoms with Crippen molar-refractivity contribution in [2.75, 3.05) is 18.4 Å². The van der Waals surface area contributed by atoms with Gasteiger partial charge in [0.05, 0.1) is 0 Å². The number of aromatic amines is 1. The molecule has 0 bridgehead atoms. The predicted octanol–water partition coefficient (Wildman–Crippen LogP) is 2.77. The molecule has 0 atom stereocenters. The summed E-state index contributed by atoms with van der Waals surface area (Å²) in [7, 11) is 0. The molecule has 138 valence electrons. The van der Waals surface area contributed by atoms with Gasteiger partial charge in [0.25, 0.3) is 0 Å². The van der Waals surface area contributed by atoms with E-state index in [-0.39, 0.29) is 20.6 Å². The third-order valence-corrected chi connectivity index (χ3v) is 5.40. The zero-order valence-electron chi connectivity index (χ0n) is 14.2. The number of likely N-dealkylation sites (tertiary alicyclic amines) is 1. The number of amides is 2. The first-order valence-corrected chi connectivity index (χ1v) is 9.30. The fourth-order valence-corrected chi connectivity index (χ4v) is 3.88. The molecule has 3 aromatic rings. The summed E-state index contributed by atoms with van der Waals surface area (Å²) in [6, 6.07) is 1.91. The van der Waals surface area contributed by atoms with Crippen LogP contribution in [0, 0.1) is 5.92 Å². The molecular formula is C17H22N6O2S. The van der Waals surface area contributed by atoms with Gasteiger partial charge in [0.1, 0.15) is 23.4 Å². The molecule has 1 fully saturated rings. The summed E-state index contributed by atoms with van der Waals surface area (Å²) in [5, 5.41) is 6.23. The Kier molecular flexibility index (Phi) is 4.37. The fraction of sp³-hybridized carbons (Fsp3) is 0.353. The normalized spacial score (nSPS) is 15.3. The molecule has 0 aromatic carbocycles. The topological polar surface area (TPSA) is 104 Å². The molecule has 0 saturated carbocycles. The number of hydrogen-bond acceptors (Lipinski definition) is 6. The third-order valence-electron chi connectivity index (χ3n) is 4.64. The van der Waals surface area contributed by atoms with E-state index in [9.17, 15) is 9.59 Å². The van der Waals surface area contributed by atoms with E-state index in [0.29, 0.717) is 36.8 Å². The number of anilines is 1. The second-order valence-electron chi connectivity index (χ2n) is 6.27. The van der Waals surface area contributed by atoms with E-state index in [0.717, 1.165) is 16.7 Å². The predicted molar refractivity (Wildman–Crippen MR) is 103 cm³/mol. The number of rotatable bonds is 3. The third kappa shape index (κ3) is 3.17. The van der Waals surface area contributed by atoms with Crippen molar-refractivity contribution >= 4 is 39.3 Å². The molecule has 0 spiro atoms. The van der Waals surface area contributed by atoms with Gasteiger partial charge in [0, 0.05) is 45.7 Å². The van der Waals surface area contributed by atoms with Crippen molar-refractivity contribution in [2.45, 2.75) is 19.8 Å². The largest absolute Gasteiger partial charge is 0.346 e. The molecule has 0 radical (unpaired) electrons. The highest BCUT2D eigenvalue weighted by Crippen LogP contribution is 2.29. The van der Waals surface area contributed by atoms with Gasteiger partial charge in [-0.2, -0.15) is 0 Å². The van der Waals surface area contributed by atoms with E-state index >= 15 is 0 Å². The summed E-state index contributed by atoms with van der Waals surface area (Å²) in [4.78, 5) is 41.7. The van der Waals surface area contributed by atoms with Crippen molar-refractivity contribution in [3.8, 4) is 11.4 Å². The van der Waals surface area contributed by atoms with E-state index in [1.165, 1.54) is 17.7 Å². The first-order valence-electron chi connectivity index (χ1n) is 8.42. The van der Waals surface area contributed by atoms with Gasteiger partial charge < -0.3 is 15.2 Å². The molecule has 2 N–H and O–H groups in total. The number of hydrogen-bond donors (Lipinski definition) is 2. The lowest BCUT2D eigenvalue weighted by atomic mass is 9.96. The number of fused-ring (bicyclic) bond motifs is 1. The van der Waals surface area contributed by atoms with E-state index < -0.39 is 0 Å². The molecule has 4 heterocycles. The standard InChI is InChI=1S/C17H18N6O2S.2H2/c1-10(24)23-6-3-11(4-7-23)16(25)22-17-21-13(8-26-17)14-12-2-5-18-15(12)20-9-19-14;;/h2,5,8-9,11H,3-4,6-7H2,1H3,(H,18,19,20)(H,21,22,25);2*1H. The molecule has 0 aliphatic carbocycles. The van der Waals surface area contributed by atoms with E-state index in [1.807, 2.05) is 17.6 Å². The van der Waals surface area contributed by atoms with E-state index in [2.05, 4.69) is 25.3 Å².